The molecule has 68 valence electrons. The van der Waals surface area contributed by atoms with Crippen molar-refractivity contribution < 1.29 is 14.9 Å². The van der Waals surface area contributed by atoms with Gasteiger partial charge < -0.3 is 4.57 Å². The number of aromatic nitrogens is 1. The second kappa shape index (κ2) is 2.43. The van der Waals surface area contributed by atoms with Crippen molar-refractivity contribution in [2.45, 2.75) is 0 Å². The van der Waals surface area contributed by atoms with Crippen LogP contribution < -0.4 is 10.2 Å². The molecule has 0 saturated heterocycles. The van der Waals surface area contributed by atoms with E-state index in [2.05, 4.69) is 0 Å². The third kappa shape index (κ3) is 0.972. The number of hydrogen-bond donors (Lipinski definition) is 1. The van der Waals surface area contributed by atoms with Crippen molar-refractivity contribution in [2.75, 3.05) is 11.9 Å². The van der Waals surface area contributed by atoms with Crippen LogP contribution >= 0.6 is 0 Å². The Balaban J connectivity index is 2.62. The topological polar surface area (TPSA) is 58.9 Å². The van der Waals surface area contributed by atoms with E-state index in [1.807, 2.05) is 0 Å². The first-order chi connectivity index (χ1) is 6.11. The summed E-state index contributed by atoms with van der Waals surface area (Å²) in [6.07, 6.45) is 1.77. The van der Waals surface area contributed by atoms with Crippen LogP contribution in [-0.4, -0.2) is 23.6 Å². The van der Waals surface area contributed by atoms with Crippen LogP contribution in [-0.2, 0) is 7.05 Å². The molecule has 0 radical (unpaired) electrons. The third-order valence-electron chi connectivity index (χ3n) is 2.23. The normalized spacial score (nSPS) is 16.3. The highest BCUT2D eigenvalue weighted by Gasteiger charge is 2.33. The van der Waals surface area contributed by atoms with Gasteiger partial charge in [0, 0.05) is 20.3 Å². The first-order valence-corrected chi connectivity index (χ1v) is 3.93. The summed E-state index contributed by atoms with van der Waals surface area (Å²) in [6.45, 7) is 0. The molecular weight excluding hydrogens is 170 g/mol. The molecule has 1 aliphatic heterocycles. The number of carbonyl (C=O) groups excluding carboxylic acids is 2. The van der Waals surface area contributed by atoms with E-state index in [-0.39, 0.29) is 11.9 Å². The molecule has 0 fully saturated rings. The number of nitrogens with two attached hydrogens (primary N) is 1. The fraction of sp³-hybridized carbons (Fsp3) is 0.250. The number of primary amides is 2. The van der Waals surface area contributed by atoms with Gasteiger partial charge in [0.15, 0.2) is 5.69 Å². The molecule has 13 heavy (non-hydrogen) atoms. The van der Waals surface area contributed by atoms with Gasteiger partial charge in [-0.05, 0) is 6.07 Å². The number of nitrogens with zero attached hydrogens (tertiary/aromatic N) is 2. The van der Waals surface area contributed by atoms with E-state index in [0.717, 1.165) is 5.32 Å². The van der Waals surface area contributed by atoms with Crippen molar-refractivity contribution in [1.82, 2.24) is 4.57 Å². The summed E-state index contributed by atoms with van der Waals surface area (Å²) in [4.78, 5) is 24.1. The predicted octanol–water partition coefficient (Wildman–Crippen LogP) is -0.702. The minimum absolute atomic E-state index is 0.217. The predicted molar refractivity (Wildman–Crippen MR) is 45.5 cm³/mol. The highest BCUT2D eigenvalue weighted by atomic mass is 16.2. The van der Waals surface area contributed by atoms with Gasteiger partial charge in [0.2, 0.25) is 0 Å². The minimum Gasteiger partial charge on any atom is -0.341 e. The van der Waals surface area contributed by atoms with E-state index in [1.165, 1.54) is 4.90 Å². The fourth-order valence-corrected chi connectivity index (χ4v) is 1.48. The maximum atomic E-state index is 11.4. The standard InChI is InChI=1S/C8H9N3O2/c1-10-4-3-5-6(10)7(12)9-8(13)11(5)2/h3-4H,1-2H3,(H,9,12,13)/p+1. The summed E-state index contributed by atoms with van der Waals surface area (Å²) < 4.78 is 1.72. The Bertz CT molecular complexity index is 394. The lowest BCUT2D eigenvalue weighted by Crippen LogP contribution is -2.95. The Hall–Kier alpha value is -1.62. The first-order valence-electron chi connectivity index (χ1n) is 3.93. The number of urea groups is 1. The van der Waals surface area contributed by atoms with Gasteiger partial charge >= 0.3 is 11.9 Å². The molecule has 0 aromatic carbocycles. The highest BCUT2D eigenvalue weighted by Crippen LogP contribution is 2.20. The van der Waals surface area contributed by atoms with Gasteiger partial charge in [-0.15, -0.1) is 0 Å². The molecule has 2 N–H and O–H groups in total. The zero-order valence-corrected chi connectivity index (χ0v) is 7.44. The van der Waals surface area contributed by atoms with Crippen molar-refractivity contribution in [3.05, 3.63) is 18.0 Å². The van der Waals surface area contributed by atoms with Crippen LogP contribution in [0.5, 0.6) is 0 Å². The molecule has 0 unspecified atom stereocenters. The van der Waals surface area contributed by atoms with Gasteiger partial charge in [0.25, 0.3) is 0 Å². The summed E-state index contributed by atoms with van der Waals surface area (Å²) in [5, 5.41) is 1.11. The van der Waals surface area contributed by atoms with E-state index < -0.39 is 0 Å². The number of fused-ring (bicyclic) bond motifs is 1. The smallest absolute Gasteiger partial charge is 0.341 e. The molecular formula is C8H10N3O2+. The summed E-state index contributed by atoms with van der Waals surface area (Å²) in [6, 6.07) is 1.50. The number of anilines is 1. The Morgan fingerprint density at radius 2 is 2.00 bits per heavy atom. The number of quaternary nitrogens is 1. The molecule has 0 atom stereocenters. The van der Waals surface area contributed by atoms with Crippen LogP contribution in [0.3, 0.4) is 0 Å². The molecule has 1 aliphatic rings. The third-order valence-corrected chi connectivity index (χ3v) is 2.23. The van der Waals surface area contributed by atoms with Gasteiger partial charge in [-0.1, -0.05) is 0 Å². The summed E-state index contributed by atoms with van der Waals surface area (Å²) >= 11 is 0. The minimum atomic E-state index is -0.260. The Kier molecular flexibility index (Phi) is 1.50. The van der Waals surface area contributed by atoms with Gasteiger partial charge in [0.1, 0.15) is 0 Å². The zero-order valence-electron chi connectivity index (χ0n) is 7.44. The van der Waals surface area contributed by atoms with Crippen LogP contribution in [0.15, 0.2) is 12.3 Å². The van der Waals surface area contributed by atoms with Crippen LogP contribution in [0.1, 0.15) is 10.5 Å². The van der Waals surface area contributed by atoms with Gasteiger partial charge in [-0.2, -0.15) is 5.32 Å². The second-order valence-corrected chi connectivity index (χ2v) is 3.07. The highest BCUT2D eigenvalue weighted by molar-refractivity contribution is 6.05. The van der Waals surface area contributed by atoms with Crippen molar-refractivity contribution in [2.24, 2.45) is 7.05 Å². The molecule has 2 heterocycles. The lowest BCUT2D eigenvalue weighted by Gasteiger charge is -2.18. The quantitative estimate of drug-likeness (QED) is 0.574. The molecule has 0 saturated carbocycles. The lowest BCUT2D eigenvalue weighted by atomic mass is 10.3. The SMILES string of the molecule is CN1C(=O)[NH2+]C(=O)c2c1ccn2C. The maximum absolute atomic E-state index is 11.4. The molecule has 1 aromatic rings. The second-order valence-electron chi connectivity index (χ2n) is 3.07. The molecule has 1 aromatic heterocycles. The van der Waals surface area contributed by atoms with Crippen molar-refractivity contribution in [3.63, 3.8) is 0 Å². The van der Waals surface area contributed by atoms with E-state index in [9.17, 15) is 9.59 Å². The number of rotatable bonds is 0. The summed E-state index contributed by atoms with van der Waals surface area (Å²) in [5.41, 5.74) is 1.25. The molecule has 2 rings (SSSR count). The zero-order chi connectivity index (χ0) is 9.59. The number of hydrogen-bond acceptors (Lipinski definition) is 2. The van der Waals surface area contributed by atoms with E-state index in [0.29, 0.717) is 11.4 Å². The summed E-state index contributed by atoms with van der Waals surface area (Å²) in [7, 11) is 3.44. The first kappa shape index (κ1) is 8.00. The van der Waals surface area contributed by atoms with Gasteiger partial charge in [-0.3, -0.25) is 4.90 Å². The lowest BCUT2D eigenvalue weighted by molar-refractivity contribution is -0.450. The van der Waals surface area contributed by atoms with Crippen LogP contribution in [0.2, 0.25) is 0 Å². The van der Waals surface area contributed by atoms with Crippen LogP contribution in [0, 0.1) is 0 Å². The largest absolute Gasteiger partial charge is 0.427 e. The van der Waals surface area contributed by atoms with Crippen molar-refractivity contribution >= 4 is 17.6 Å². The molecule has 0 aliphatic carbocycles. The number of amides is 3. The monoisotopic (exact) mass is 180 g/mol. The van der Waals surface area contributed by atoms with E-state index >= 15 is 0 Å². The average Bonchev–Trinajstić information content (AvgIpc) is 2.44. The molecule has 0 spiro atoms. The molecule has 5 nitrogen and oxygen atoms in total. The van der Waals surface area contributed by atoms with Crippen molar-refractivity contribution in [3.8, 4) is 0 Å². The van der Waals surface area contributed by atoms with E-state index in [4.69, 9.17) is 0 Å². The Morgan fingerprint density at radius 1 is 1.31 bits per heavy atom. The van der Waals surface area contributed by atoms with E-state index in [1.54, 1.807) is 30.9 Å². The van der Waals surface area contributed by atoms with Crippen LogP contribution in [0.25, 0.3) is 0 Å². The number of carbonyl (C=O) groups is 2. The van der Waals surface area contributed by atoms with Gasteiger partial charge in [0.05, 0.1) is 5.69 Å². The summed E-state index contributed by atoms with van der Waals surface area (Å²) in [5.74, 6) is -0.217. The Labute approximate surface area is 74.9 Å². The average molecular weight is 180 g/mol. The number of imide groups is 1. The fourth-order valence-electron chi connectivity index (χ4n) is 1.48. The molecule has 5 heteroatoms. The van der Waals surface area contributed by atoms with Crippen LogP contribution in [0.4, 0.5) is 10.5 Å². The maximum Gasteiger partial charge on any atom is 0.427 e. The molecule has 3 amide bonds. The van der Waals surface area contributed by atoms with Gasteiger partial charge in [-0.25, -0.2) is 9.59 Å². The Morgan fingerprint density at radius 3 is 2.69 bits per heavy atom. The molecule has 0 bridgehead atoms. The number of aryl methyl sites for hydroxylation is 1. The van der Waals surface area contributed by atoms with Crippen molar-refractivity contribution in [1.29, 1.82) is 0 Å².